The van der Waals surface area contributed by atoms with Crippen LogP contribution in [0.5, 0.6) is 0 Å². The second kappa shape index (κ2) is 13.1. The van der Waals surface area contributed by atoms with Gasteiger partial charge in [-0.3, -0.25) is 4.90 Å². The number of likely N-dealkylation sites (N-methyl/N-ethyl adjacent to an activating group) is 1. The summed E-state index contributed by atoms with van der Waals surface area (Å²) in [6.45, 7) is 4.76. The standard InChI is InChI=1S/C42H61NO/c1-39(2)28-18-19-31-41(39,44)40(29-16-7-17-30-40)32-34-22-12-14-26-37(34)42(43(3)4,35-23-10-6-11-24-35)38-27-15-13-25-36(38)33-20-8-5-9-21-33/h6,10-12,14,22-24,26,33,44H,5,7-9,13,15-21,25,27-32H2,1-4H3. The smallest absolute Gasteiger partial charge is 0.0932 e. The molecule has 0 bridgehead atoms. The van der Waals surface area contributed by atoms with Gasteiger partial charge in [-0.05, 0) is 118 Å². The number of hydrogen-bond acceptors (Lipinski definition) is 2. The van der Waals surface area contributed by atoms with Crippen LogP contribution in [0.2, 0.25) is 0 Å². The van der Waals surface area contributed by atoms with E-state index in [9.17, 15) is 5.11 Å². The number of hydrogen-bond donors (Lipinski definition) is 1. The Morgan fingerprint density at radius 1 is 0.705 bits per heavy atom. The quantitative estimate of drug-likeness (QED) is 0.307. The van der Waals surface area contributed by atoms with E-state index in [-0.39, 0.29) is 16.4 Å². The van der Waals surface area contributed by atoms with E-state index in [2.05, 4.69) is 87.4 Å². The molecule has 2 aromatic carbocycles. The fourth-order valence-electron chi connectivity index (χ4n) is 11.0. The topological polar surface area (TPSA) is 23.5 Å². The Balaban J connectivity index is 1.57. The number of rotatable bonds is 8. The zero-order valence-electron chi connectivity index (χ0n) is 28.6. The summed E-state index contributed by atoms with van der Waals surface area (Å²) >= 11 is 0. The predicted octanol–water partition coefficient (Wildman–Crippen LogP) is 10.8. The maximum absolute atomic E-state index is 13.0. The van der Waals surface area contributed by atoms with Crippen LogP contribution >= 0.6 is 0 Å². The molecule has 0 radical (unpaired) electrons. The van der Waals surface area contributed by atoms with Gasteiger partial charge in [-0.2, -0.15) is 0 Å². The average Bonchev–Trinajstić information content (AvgIpc) is 3.05. The predicted molar refractivity (Wildman–Crippen MR) is 186 cm³/mol. The van der Waals surface area contributed by atoms with Gasteiger partial charge < -0.3 is 5.11 Å². The lowest BCUT2D eigenvalue weighted by molar-refractivity contribution is -0.196. The van der Waals surface area contributed by atoms with Crippen molar-refractivity contribution < 1.29 is 5.11 Å². The molecule has 0 heterocycles. The highest BCUT2D eigenvalue weighted by atomic mass is 16.3. The minimum absolute atomic E-state index is 0.0599. The molecule has 2 nitrogen and oxygen atoms in total. The molecule has 4 aliphatic rings. The molecule has 6 rings (SSSR count). The Bertz CT molecular complexity index is 1280. The summed E-state index contributed by atoms with van der Waals surface area (Å²) in [7, 11) is 4.69. The third-order valence-corrected chi connectivity index (χ3v) is 13.2. The number of nitrogens with zero attached hydrogens (tertiary/aromatic N) is 1. The summed E-state index contributed by atoms with van der Waals surface area (Å²) in [6, 6.07) is 21.0. The van der Waals surface area contributed by atoms with Crippen molar-refractivity contribution in [1.82, 2.24) is 4.90 Å². The van der Waals surface area contributed by atoms with Crippen molar-refractivity contribution in [2.45, 2.75) is 147 Å². The van der Waals surface area contributed by atoms with Gasteiger partial charge in [-0.25, -0.2) is 0 Å². The highest BCUT2D eigenvalue weighted by Gasteiger charge is 2.59. The molecule has 0 aromatic heterocycles. The molecule has 2 unspecified atom stereocenters. The lowest BCUT2D eigenvalue weighted by Crippen LogP contribution is -2.61. The number of aliphatic hydroxyl groups is 1. The van der Waals surface area contributed by atoms with E-state index in [1.54, 1.807) is 11.1 Å². The largest absolute Gasteiger partial charge is 0.389 e. The zero-order valence-corrected chi connectivity index (χ0v) is 28.6. The van der Waals surface area contributed by atoms with E-state index in [1.807, 2.05) is 0 Å². The van der Waals surface area contributed by atoms with Gasteiger partial charge in [0.2, 0.25) is 0 Å². The first kappa shape index (κ1) is 32.1. The highest BCUT2D eigenvalue weighted by molar-refractivity contribution is 5.53. The fraction of sp³-hybridized carbons (Fsp3) is 0.667. The van der Waals surface area contributed by atoms with Crippen LogP contribution in [0.3, 0.4) is 0 Å². The molecule has 0 amide bonds. The van der Waals surface area contributed by atoms with Gasteiger partial charge in [0.05, 0.1) is 11.1 Å². The van der Waals surface area contributed by atoms with Crippen LogP contribution in [0.1, 0.15) is 146 Å². The second-order valence-electron chi connectivity index (χ2n) is 16.1. The van der Waals surface area contributed by atoms with Crippen molar-refractivity contribution in [3.63, 3.8) is 0 Å². The normalized spacial score (nSPS) is 27.7. The van der Waals surface area contributed by atoms with Crippen molar-refractivity contribution in [2.75, 3.05) is 14.1 Å². The monoisotopic (exact) mass is 595 g/mol. The molecular weight excluding hydrogens is 534 g/mol. The van der Waals surface area contributed by atoms with Crippen LogP contribution in [-0.2, 0) is 12.0 Å². The summed E-state index contributed by atoms with van der Waals surface area (Å²) in [5, 5.41) is 13.0. The van der Waals surface area contributed by atoms with Crippen LogP contribution in [-0.4, -0.2) is 29.7 Å². The first-order chi connectivity index (χ1) is 21.3. The molecular formula is C42H61NO. The average molecular weight is 596 g/mol. The van der Waals surface area contributed by atoms with Crippen molar-refractivity contribution >= 4 is 0 Å². The van der Waals surface area contributed by atoms with Crippen molar-refractivity contribution in [3.05, 3.63) is 82.4 Å². The van der Waals surface area contributed by atoms with Crippen molar-refractivity contribution in [3.8, 4) is 0 Å². The third kappa shape index (κ3) is 5.45. The molecule has 3 fully saturated rings. The minimum Gasteiger partial charge on any atom is -0.389 e. The molecule has 0 saturated heterocycles. The van der Waals surface area contributed by atoms with E-state index < -0.39 is 5.60 Å². The maximum Gasteiger partial charge on any atom is 0.0932 e. The molecule has 3 saturated carbocycles. The van der Waals surface area contributed by atoms with E-state index in [4.69, 9.17) is 0 Å². The molecule has 44 heavy (non-hydrogen) atoms. The van der Waals surface area contributed by atoms with Gasteiger partial charge in [0.25, 0.3) is 0 Å². The third-order valence-electron chi connectivity index (χ3n) is 13.2. The van der Waals surface area contributed by atoms with Crippen LogP contribution in [0.15, 0.2) is 65.7 Å². The van der Waals surface area contributed by atoms with E-state index in [1.165, 1.54) is 100 Å². The molecule has 4 aliphatic carbocycles. The summed E-state index contributed by atoms with van der Waals surface area (Å²) in [6.07, 6.45) is 23.6. The molecule has 0 aliphatic heterocycles. The summed E-state index contributed by atoms with van der Waals surface area (Å²) in [5.41, 5.74) is 6.80. The molecule has 2 heteroatoms. The highest BCUT2D eigenvalue weighted by Crippen LogP contribution is 2.60. The van der Waals surface area contributed by atoms with Gasteiger partial charge in [0.15, 0.2) is 0 Å². The first-order valence-corrected chi connectivity index (χ1v) is 18.5. The Kier molecular flexibility index (Phi) is 9.52. The van der Waals surface area contributed by atoms with Crippen LogP contribution < -0.4 is 0 Å². The number of allylic oxidation sites excluding steroid dienone is 1. The van der Waals surface area contributed by atoms with E-state index in [0.717, 1.165) is 44.4 Å². The van der Waals surface area contributed by atoms with Gasteiger partial charge in [-0.1, -0.05) is 125 Å². The zero-order chi connectivity index (χ0) is 30.8. The number of benzene rings is 2. The van der Waals surface area contributed by atoms with Crippen molar-refractivity contribution in [2.24, 2.45) is 16.7 Å². The minimum atomic E-state index is -0.628. The van der Waals surface area contributed by atoms with E-state index in [0.29, 0.717) is 0 Å². The van der Waals surface area contributed by atoms with Crippen LogP contribution in [0.4, 0.5) is 0 Å². The Morgan fingerprint density at radius 2 is 1.32 bits per heavy atom. The molecule has 2 atom stereocenters. The molecule has 1 N–H and O–H groups in total. The lowest BCUT2D eigenvalue weighted by Gasteiger charge is -2.59. The van der Waals surface area contributed by atoms with Gasteiger partial charge >= 0.3 is 0 Å². The van der Waals surface area contributed by atoms with Gasteiger partial charge in [0, 0.05) is 5.41 Å². The Hall–Kier alpha value is -1.90. The summed E-state index contributed by atoms with van der Waals surface area (Å²) in [4.78, 5) is 2.58. The van der Waals surface area contributed by atoms with Crippen molar-refractivity contribution in [1.29, 1.82) is 0 Å². The SMILES string of the molecule is CN(C)C(C1=C(C2CCCCC2)CCCC1)(c1ccccc1)c1ccccc1CC1(C2(O)CCCCC2(C)C)CCCCC1. The Morgan fingerprint density at radius 3 is 2.02 bits per heavy atom. The fourth-order valence-corrected chi connectivity index (χ4v) is 11.0. The maximum atomic E-state index is 13.0. The first-order valence-electron chi connectivity index (χ1n) is 18.5. The van der Waals surface area contributed by atoms with Gasteiger partial charge in [-0.15, -0.1) is 0 Å². The molecule has 0 spiro atoms. The second-order valence-corrected chi connectivity index (χ2v) is 16.1. The summed E-state index contributed by atoms with van der Waals surface area (Å²) in [5.74, 6) is 0.739. The lowest BCUT2D eigenvalue weighted by atomic mass is 9.48. The summed E-state index contributed by atoms with van der Waals surface area (Å²) < 4.78 is 0. The molecule has 240 valence electrons. The van der Waals surface area contributed by atoms with Gasteiger partial charge in [0.1, 0.15) is 0 Å². The van der Waals surface area contributed by atoms with E-state index >= 15 is 0 Å². The van der Waals surface area contributed by atoms with Crippen LogP contribution in [0.25, 0.3) is 0 Å². The van der Waals surface area contributed by atoms with Crippen LogP contribution in [0, 0.1) is 16.7 Å². The Labute approximate surface area is 269 Å². The molecule has 2 aromatic rings.